The van der Waals surface area contributed by atoms with E-state index in [9.17, 15) is 9.90 Å². The predicted molar refractivity (Wildman–Crippen MR) is 70.9 cm³/mol. The molecule has 0 spiro atoms. The third-order valence-electron chi connectivity index (χ3n) is 3.37. The van der Waals surface area contributed by atoms with Gasteiger partial charge in [-0.25, -0.2) is 0 Å². The van der Waals surface area contributed by atoms with Gasteiger partial charge in [0.15, 0.2) is 0 Å². The summed E-state index contributed by atoms with van der Waals surface area (Å²) in [4.78, 5) is 11.3. The number of nitrogens with one attached hydrogen (secondary N) is 1. The van der Waals surface area contributed by atoms with Crippen LogP contribution in [-0.4, -0.2) is 11.0 Å². The summed E-state index contributed by atoms with van der Waals surface area (Å²) in [5.74, 6) is 1.38. The average molecular weight is 257 g/mol. The van der Waals surface area contributed by atoms with Crippen molar-refractivity contribution in [2.24, 2.45) is 0 Å². The molecule has 1 atom stereocenters. The van der Waals surface area contributed by atoms with E-state index in [2.05, 4.69) is 5.32 Å². The molecule has 0 saturated carbocycles. The summed E-state index contributed by atoms with van der Waals surface area (Å²) < 4.78 is 5.56. The summed E-state index contributed by atoms with van der Waals surface area (Å²) >= 11 is 0. The Morgan fingerprint density at radius 1 is 1.37 bits per heavy atom. The van der Waals surface area contributed by atoms with E-state index in [0.717, 1.165) is 29.0 Å². The van der Waals surface area contributed by atoms with Gasteiger partial charge in [-0.1, -0.05) is 19.1 Å². The largest absolute Gasteiger partial charge is 0.463 e. The Balaban J connectivity index is 1.90. The Labute approximate surface area is 111 Å². The summed E-state index contributed by atoms with van der Waals surface area (Å²) in [7, 11) is 0. The first-order valence-corrected chi connectivity index (χ1v) is 6.36. The van der Waals surface area contributed by atoms with E-state index in [0.29, 0.717) is 12.2 Å². The van der Waals surface area contributed by atoms with Gasteiger partial charge in [0, 0.05) is 12.1 Å². The van der Waals surface area contributed by atoms with Gasteiger partial charge >= 0.3 is 0 Å². The van der Waals surface area contributed by atoms with Crippen molar-refractivity contribution in [1.82, 2.24) is 0 Å². The molecule has 0 bridgehead atoms. The number of anilines is 1. The maximum Gasteiger partial charge on any atom is 0.228 e. The quantitative estimate of drug-likeness (QED) is 0.887. The van der Waals surface area contributed by atoms with Gasteiger partial charge in [0.2, 0.25) is 5.91 Å². The molecule has 4 nitrogen and oxygen atoms in total. The number of aliphatic hydroxyl groups excluding tert-OH is 1. The summed E-state index contributed by atoms with van der Waals surface area (Å²) in [5, 5.41) is 13.1. The average Bonchev–Trinajstić information content (AvgIpc) is 3.01. The highest BCUT2D eigenvalue weighted by Crippen LogP contribution is 2.30. The number of amides is 1. The van der Waals surface area contributed by atoms with Crippen LogP contribution in [-0.2, 0) is 17.6 Å². The number of aryl methyl sites for hydroxylation is 1. The molecule has 19 heavy (non-hydrogen) atoms. The van der Waals surface area contributed by atoms with Crippen molar-refractivity contribution in [3.63, 3.8) is 0 Å². The van der Waals surface area contributed by atoms with Crippen LogP contribution in [0.2, 0.25) is 0 Å². The molecule has 1 aromatic carbocycles. The van der Waals surface area contributed by atoms with Crippen LogP contribution in [0, 0.1) is 0 Å². The number of hydrogen-bond acceptors (Lipinski definition) is 3. The number of aliphatic hydroxyl groups is 1. The highest BCUT2D eigenvalue weighted by molar-refractivity contribution is 5.99. The standard InChI is InChI=1S/C15H15NO3/c1-2-11-4-6-13(19-11)15(18)9-3-5-12-10(7-9)8-14(17)16-12/h3-7,15,18H,2,8H2,1H3,(H,16,17). The number of hydrogen-bond donors (Lipinski definition) is 2. The van der Waals surface area contributed by atoms with Crippen molar-refractivity contribution < 1.29 is 14.3 Å². The molecule has 1 aliphatic rings. The highest BCUT2D eigenvalue weighted by atomic mass is 16.4. The zero-order valence-electron chi connectivity index (χ0n) is 10.6. The van der Waals surface area contributed by atoms with Crippen LogP contribution in [0.1, 0.15) is 35.7 Å². The summed E-state index contributed by atoms with van der Waals surface area (Å²) in [6.07, 6.45) is 0.380. The fourth-order valence-corrected chi connectivity index (χ4v) is 2.32. The monoisotopic (exact) mass is 257 g/mol. The van der Waals surface area contributed by atoms with E-state index in [1.165, 1.54) is 0 Å². The molecule has 0 radical (unpaired) electrons. The topological polar surface area (TPSA) is 62.5 Å². The molecular weight excluding hydrogens is 242 g/mol. The molecule has 1 aromatic heterocycles. The van der Waals surface area contributed by atoms with Gasteiger partial charge < -0.3 is 14.8 Å². The van der Waals surface area contributed by atoms with Gasteiger partial charge in [0.1, 0.15) is 17.6 Å². The number of benzene rings is 1. The van der Waals surface area contributed by atoms with Crippen LogP contribution in [0.15, 0.2) is 34.7 Å². The molecule has 2 aromatic rings. The minimum absolute atomic E-state index is 0.00657. The first-order chi connectivity index (χ1) is 9.17. The number of furan rings is 1. The van der Waals surface area contributed by atoms with Crippen molar-refractivity contribution >= 4 is 11.6 Å². The number of rotatable bonds is 3. The van der Waals surface area contributed by atoms with Crippen LogP contribution in [0.3, 0.4) is 0 Å². The Morgan fingerprint density at radius 3 is 2.95 bits per heavy atom. The Kier molecular flexibility index (Phi) is 2.87. The molecule has 2 N–H and O–H groups in total. The summed E-state index contributed by atoms with van der Waals surface area (Å²) in [6, 6.07) is 9.15. The summed E-state index contributed by atoms with van der Waals surface area (Å²) in [5.41, 5.74) is 2.49. The number of carbonyl (C=O) groups is 1. The van der Waals surface area contributed by atoms with Gasteiger partial charge in [-0.15, -0.1) is 0 Å². The zero-order valence-corrected chi connectivity index (χ0v) is 10.6. The lowest BCUT2D eigenvalue weighted by Crippen LogP contribution is -2.03. The molecule has 0 saturated heterocycles. The second-order valence-electron chi connectivity index (χ2n) is 4.70. The second kappa shape index (κ2) is 4.55. The third kappa shape index (κ3) is 2.15. The maximum atomic E-state index is 11.3. The van der Waals surface area contributed by atoms with E-state index in [1.54, 1.807) is 6.07 Å². The van der Waals surface area contributed by atoms with Crippen molar-refractivity contribution in [2.45, 2.75) is 25.9 Å². The van der Waals surface area contributed by atoms with Crippen LogP contribution in [0.5, 0.6) is 0 Å². The van der Waals surface area contributed by atoms with Gasteiger partial charge in [-0.05, 0) is 29.3 Å². The lowest BCUT2D eigenvalue weighted by atomic mass is 10.0. The molecule has 3 rings (SSSR count). The molecule has 1 aliphatic heterocycles. The molecule has 98 valence electrons. The predicted octanol–water partition coefficient (Wildman–Crippen LogP) is 2.42. The van der Waals surface area contributed by atoms with Crippen molar-refractivity contribution in [1.29, 1.82) is 0 Å². The number of fused-ring (bicyclic) bond motifs is 1. The highest BCUT2D eigenvalue weighted by Gasteiger charge is 2.21. The van der Waals surface area contributed by atoms with Crippen molar-refractivity contribution in [3.8, 4) is 0 Å². The Morgan fingerprint density at radius 2 is 2.21 bits per heavy atom. The van der Waals surface area contributed by atoms with Crippen molar-refractivity contribution in [2.75, 3.05) is 5.32 Å². The first kappa shape index (κ1) is 12.0. The minimum Gasteiger partial charge on any atom is -0.463 e. The molecule has 0 aliphatic carbocycles. The lowest BCUT2D eigenvalue weighted by molar-refractivity contribution is -0.115. The van der Waals surface area contributed by atoms with Gasteiger partial charge in [-0.3, -0.25) is 4.79 Å². The van der Waals surface area contributed by atoms with Crippen molar-refractivity contribution in [3.05, 3.63) is 53.0 Å². The maximum absolute atomic E-state index is 11.3. The number of carbonyl (C=O) groups excluding carboxylic acids is 1. The zero-order chi connectivity index (χ0) is 13.4. The third-order valence-corrected chi connectivity index (χ3v) is 3.37. The molecule has 4 heteroatoms. The molecule has 1 unspecified atom stereocenters. The Bertz CT molecular complexity index is 630. The normalized spacial score (nSPS) is 15.2. The van der Waals surface area contributed by atoms with E-state index in [1.807, 2.05) is 31.2 Å². The first-order valence-electron chi connectivity index (χ1n) is 6.36. The SMILES string of the molecule is CCc1ccc(C(O)c2ccc3c(c2)CC(=O)N3)o1. The summed E-state index contributed by atoms with van der Waals surface area (Å²) in [6.45, 7) is 2.00. The smallest absolute Gasteiger partial charge is 0.228 e. The van der Waals surface area contributed by atoms with Gasteiger partial charge in [0.25, 0.3) is 0 Å². The van der Waals surface area contributed by atoms with Gasteiger partial charge in [-0.2, -0.15) is 0 Å². The lowest BCUT2D eigenvalue weighted by Gasteiger charge is -2.09. The van der Waals surface area contributed by atoms with E-state index in [-0.39, 0.29) is 5.91 Å². The fraction of sp³-hybridized carbons (Fsp3) is 0.267. The van der Waals surface area contributed by atoms with Crippen LogP contribution < -0.4 is 5.32 Å². The molecule has 0 fully saturated rings. The molecular formula is C15H15NO3. The molecule has 2 heterocycles. The second-order valence-corrected chi connectivity index (χ2v) is 4.70. The minimum atomic E-state index is -0.790. The Hall–Kier alpha value is -2.07. The van der Waals surface area contributed by atoms with Gasteiger partial charge in [0.05, 0.1) is 6.42 Å². The van der Waals surface area contributed by atoms with E-state index < -0.39 is 6.10 Å². The van der Waals surface area contributed by atoms with Crippen LogP contribution in [0.4, 0.5) is 5.69 Å². The van der Waals surface area contributed by atoms with E-state index >= 15 is 0 Å². The molecule has 1 amide bonds. The van der Waals surface area contributed by atoms with E-state index in [4.69, 9.17) is 4.42 Å². The fourth-order valence-electron chi connectivity index (χ4n) is 2.32. The van der Waals surface area contributed by atoms with Crippen LogP contribution >= 0.6 is 0 Å². The van der Waals surface area contributed by atoms with Crippen LogP contribution in [0.25, 0.3) is 0 Å².